The van der Waals surface area contributed by atoms with Crippen molar-refractivity contribution in [3.8, 4) is 0 Å². The standard InChI is InChI=1S/C22H23ClN2.C11H21NO2.C2H6/c1-5-7-8-9-16(3)17(4)10-11-18(6-2)22-24-15-19-14-20(23)12-13-21(19)25-22;1-14-8-7-12-11(13)9-10-5-3-2-4-6-10;1-2/h5-14H,1-2,15H2,3-4H3,(H,24,25);10H,2-9H2,1H3,(H,12,13);1-2H3/b8-7-,16-9+,17-10+,18-11+;;. The molecule has 1 aromatic rings. The first kappa shape index (κ1) is 35.9. The minimum absolute atomic E-state index is 0.189. The monoisotopic (exact) mass is 579 g/mol. The van der Waals surface area contributed by atoms with Crippen molar-refractivity contribution in [3.63, 3.8) is 0 Å². The molecule has 0 spiro atoms. The number of nitrogens with one attached hydrogen (secondary N) is 2. The Labute approximate surface area is 253 Å². The van der Waals surface area contributed by atoms with Gasteiger partial charge in [0.05, 0.1) is 13.2 Å². The van der Waals surface area contributed by atoms with Crippen LogP contribution >= 0.6 is 11.6 Å². The van der Waals surface area contributed by atoms with Gasteiger partial charge in [0.1, 0.15) is 5.84 Å². The number of allylic oxidation sites excluding steroid dienone is 8. The minimum Gasteiger partial charge on any atom is -0.383 e. The summed E-state index contributed by atoms with van der Waals surface area (Å²) in [5, 5.41) is 6.95. The summed E-state index contributed by atoms with van der Waals surface area (Å²) in [6.45, 7) is 17.6. The molecule has 2 N–H and O–H groups in total. The van der Waals surface area contributed by atoms with Gasteiger partial charge in [0.15, 0.2) is 0 Å². The van der Waals surface area contributed by atoms with E-state index in [0.717, 1.165) is 27.7 Å². The van der Waals surface area contributed by atoms with E-state index < -0.39 is 0 Å². The summed E-state index contributed by atoms with van der Waals surface area (Å²) >= 11 is 6.04. The highest BCUT2D eigenvalue weighted by Crippen LogP contribution is 2.27. The molecule has 0 radical (unpaired) electrons. The first-order valence-electron chi connectivity index (χ1n) is 14.7. The smallest absolute Gasteiger partial charge is 0.220 e. The van der Waals surface area contributed by atoms with Crippen LogP contribution in [0.1, 0.15) is 71.8 Å². The molecule has 1 amide bonds. The Morgan fingerprint density at radius 1 is 1.10 bits per heavy atom. The van der Waals surface area contributed by atoms with Crippen molar-refractivity contribution in [3.05, 3.63) is 101 Å². The lowest BCUT2D eigenvalue weighted by atomic mass is 9.87. The average Bonchev–Trinajstić information content (AvgIpc) is 2.99. The molecule has 0 saturated heterocycles. The average molecular weight is 580 g/mol. The maximum Gasteiger partial charge on any atom is 0.220 e. The van der Waals surface area contributed by atoms with E-state index in [2.05, 4.69) is 54.8 Å². The lowest BCUT2D eigenvalue weighted by molar-refractivity contribution is -0.122. The third-order valence-electron chi connectivity index (χ3n) is 6.78. The molecule has 5 nitrogen and oxygen atoms in total. The molecule has 1 fully saturated rings. The van der Waals surface area contributed by atoms with Gasteiger partial charge in [0, 0.05) is 36.4 Å². The van der Waals surface area contributed by atoms with Crippen LogP contribution < -0.4 is 10.6 Å². The van der Waals surface area contributed by atoms with Gasteiger partial charge >= 0.3 is 0 Å². The van der Waals surface area contributed by atoms with E-state index in [1.807, 2.05) is 56.4 Å². The Morgan fingerprint density at radius 2 is 1.80 bits per heavy atom. The maximum absolute atomic E-state index is 11.4. The zero-order chi connectivity index (χ0) is 30.5. The number of aliphatic imine (C=N–C) groups is 1. The van der Waals surface area contributed by atoms with Crippen molar-refractivity contribution in [1.82, 2.24) is 5.32 Å². The number of amidine groups is 1. The highest BCUT2D eigenvalue weighted by molar-refractivity contribution is 6.30. The highest BCUT2D eigenvalue weighted by atomic mass is 35.5. The molecule has 3 rings (SSSR count). The van der Waals surface area contributed by atoms with E-state index in [9.17, 15) is 4.79 Å². The molecule has 0 aromatic heterocycles. The molecule has 1 heterocycles. The Kier molecular flexibility index (Phi) is 18.9. The van der Waals surface area contributed by atoms with E-state index >= 15 is 0 Å². The van der Waals surface area contributed by atoms with Gasteiger partial charge in [-0.15, -0.1) is 0 Å². The second-order valence-electron chi connectivity index (χ2n) is 9.79. The third kappa shape index (κ3) is 14.3. The summed E-state index contributed by atoms with van der Waals surface area (Å²) in [5.41, 5.74) is 5.45. The SMILES string of the molecule is C=C\C=C/C=C(C)/C(C)=C/C=C(\C=C)C1=NCc2cc(Cl)ccc2N1.CC.COCCNC(=O)CC1CCCCC1. The first-order valence-corrected chi connectivity index (χ1v) is 15.1. The van der Waals surface area contributed by atoms with E-state index in [1.165, 1.54) is 43.3 Å². The Morgan fingerprint density at radius 3 is 2.46 bits per heavy atom. The van der Waals surface area contributed by atoms with Crippen molar-refractivity contribution in [2.24, 2.45) is 10.9 Å². The Bertz CT molecular complexity index is 1120. The number of carbonyl (C=O) groups is 1. The molecule has 224 valence electrons. The summed E-state index contributed by atoms with van der Waals surface area (Å²) in [5.74, 6) is 1.64. The van der Waals surface area contributed by atoms with Crippen LogP contribution in [0.15, 0.2) is 95.6 Å². The largest absolute Gasteiger partial charge is 0.383 e. The van der Waals surface area contributed by atoms with Gasteiger partial charge in [-0.3, -0.25) is 9.79 Å². The van der Waals surface area contributed by atoms with E-state index in [-0.39, 0.29) is 5.91 Å². The third-order valence-corrected chi connectivity index (χ3v) is 7.01. The van der Waals surface area contributed by atoms with Gasteiger partial charge in [-0.2, -0.15) is 0 Å². The topological polar surface area (TPSA) is 62.7 Å². The lowest BCUT2D eigenvalue weighted by Gasteiger charge is -2.20. The fraction of sp³-hybridized carbons (Fsp3) is 0.429. The summed E-state index contributed by atoms with van der Waals surface area (Å²) in [7, 11) is 1.65. The number of anilines is 1. The van der Waals surface area contributed by atoms with Crippen molar-refractivity contribution < 1.29 is 9.53 Å². The van der Waals surface area contributed by atoms with Gasteiger partial charge in [-0.1, -0.05) is 100 Å². The van der Waals surface area contributed by atoms with Gasteiger partial charge in [0.2, 0.25) is 5.91 Å². The molecule has 1 aliphatic heterocycles. The fourth-order valence-electron chi connectivity index (χ4n) is 4.33. The molecule has 6 heteroatoms. The molecule has 1 saturated carbocycles. The van der Waals surface area contributed by atoms with Crippen LogP contribution in [0, 0.1) is 5.92 Å². The van der Waals surface area contributed by atoms with Gasteiger partial charge < -0.3 is 15.4 Å². The molecular weight excluding hydrogens is 530 g/mol. The predicted octanol–water partition coefficient (Wildman–Crippen LogP) is 9.16. The summed E-state index contributed by atoms with van der Waals surface area (Å²) in [6.07, 6.45) is 20.8. The predicted molar refractivity (Wildman–Crippen MR) is 179 cm³/mol. The lowest BCUT2D eigenvalue weighted by Crippen LogP contribution is -2.29. The van der Waals surface area contributed by atoms with Crippen LogP contribution in [-0.2, 0) is 16.1 Å². The zero-order valence-corrected chi connectivity index (χ0v) is 26.5. The van der Waals surface area contributed by atoms with Crippen LogP contribution in [-0.4, -0.2) is 32.0 Å². The molecular formula is C35H50ClN3O2. The van der Waals surface area contributed by atoms with Gasteiger partial charge in [-0.05, 0) is 67.5 Å². The van der Waals surface area contributed by atoms with Crippen molar-refractivity contribution in [2.75, 3.05) is 25.6 Å². The van der Waals surface area contributed by atoms with Crippen LogP contribution in [0.4, 0.5) is 5.69 Å². The van der Waals surface area contributed by atoms with E-state index in [0.29, 0.717) is 32.0 Å². The summed E-state index contributed by atoms with van der Waals surface area (Å²) in [4.78, 5) is 16.0. The normalized spacial score (nSPS) is 15.8. The van der Waals surface area contributed by atoms with E-state index in [4.69, 9.17) is 16.3 Å². The highest BCUT2D eigenvalue weighted by Gasteiger charge is 2.16. The van der Waals surface area contributed by atoms with Gasteiger partial charge in [0.25, 0.3) is 0 Å². The minimum atomic E-state index is 0.189. The number of nitrogens with zero attached hydrogens (tertiary/aromatic N) is 1. The summed E-state index contributed by atoms with van der Waals surface area (Å²) in [6, 6.07) is 5.80. The molecule has 1 aromatic carbocycles. The van der Waals surface area contributed by atoms with Crippen molar-refractivity contribution in [2.45, 2.75) is 72.8 Å². The number of hydrogen-bond acceptors (Lipinski definition) is 4. The molecule has 2 aliphatic rings. The number of amides is 1. The first-order chi connectivity index (χ1) is 19.9. The number of carbonyl (C=O) groups excluding carboxylic acids is 1. The van der Waals surface area contributed by atoms with Gasteiger partial charge in [-0.25, -0.2) is 0 Å². The number of rotatable bonds is 11. The second kappa shape index (κ2) is 21.6. The quantitative estimate of drug-likeness (QED) is 0.203. The fourth-order valence-corrected chi connectivity index (χ4v) is 4.52. The molecule has 0 atom stereocenters. The Hall–Kier alpha value is -3.15. The van der Waals surface area contributed by atoms with Crippen LogP contribution in [0.2, 0.25) is 5.02 Å². The molecule has 1 aliphatic carbocycles. The van der Waals surface area contributed by atoms with Crippen LogP contribution in [0.3, 0.4) is 0 Å². The molecule has 41 heavy (non-hydrogen) atoms. The van der Waals surface area contributed by atoms with E-state index in [1.54, 1.807) is 13.2 Å². The molecule has 0 unspecified atom stereocenters. The number of benzene rings is 1. The van der Waals surface area contributed by atoms with Crippen LogP contribution in [0.25, 0.3) is 0 Å². The Balaban J connectivity index is 0.000000445. The molecule has 0 bridgehead atoms. The van der Waals surface area contributed by atoms with Crippen molar-refractivity contribution >= 4 is 29.0 Å². The number of hydrogen-bond donors (Lipinski definition) is 2. The number of ether oxygens (including phenoxy) is 1. The number of fused-ring (bicyclic) bond motifs is 1. The van der Waals surface area contributed by atoms with Crippen molar-refractivity contribution in [1.29, 1.82) is 0 Å². The zero-order valence-electron chi connectivity index (χ0n) is 25.8. The summed E-state index contributed by atoms with van der Waals surface area (Å²) < 4.78 is 4.87. The maximum atomic E-state index is 11.4. The number of methoxy groups -OCH3 is 1. The van der Waals surface area contributed by atoms with Crippen LogP contribution in [0.5, 0.6) is 0 Å². The number of halogens is 1. The second-order valence-corrected chi connectivity index (χ2v) is 10.2.